The van der Waals surface area contributed by atoms with Crippen molar-refractivity contribution in [2.75, 3.05) is 24.6 Å². The van der Waals surface area contributed by atoms with Gasteiger partial charge < -0.3 is 19.5 Å². The highest BCUT2D eigenvalue weighted by atomic mass is 19.4. The van der Waals surface area contributed by atoms with E-state index in [0.29, 0.717) is 18.5 Å². The summed E-state index contributed by atoms with van der Waals surface area (Å²) in [7, 11) is 0. The summed E-state index contributed by atoms with van der Waals surface area (Å²) >= 11 is 0. The first-order chi connectivity index (χ1) is 13.0. The second kappa shape index (κ2) is 6.06. The molecule has 3 fully saturated rings. The fourth-order valence-corrected chi connectivity index (χ4v) is 4.12. The molecule has 4 rings (SSSR count). The zero-order valence-electron chi connectivity index (χ0n) is 15.8. The van der Waals surface area contributed by atoms with E-state index in [4.69, 9.17) is 9.47 Å². The van der Waals surface area contributed by atoms with Crippen molar-refractivity contribution >= 4 is 11.8 Å². The first-order valence-corrected chi connectivity index (χ1v) is 9.38. The third-order valence-corrected chi connectivity index (χ3v) is 6.10. The molecule has 1 atom stereocenters. The van der Waals surface area contributed by atoms with E-state index < -0.39 is 30.1 Å². The average molecular weight is 400 g/mol. The molecule has 1 saturated carbocycles. The molecular formula is C19H23F3N2O4. The van der Waals surface area contributed by atoms with Crippen LogP contribution in [-0.4, -0.2) is 47.7 Å². The fraction of sp³-hybridized carbons (Fsp3) is 0.684. The number of aromatic nitrogens is 1. The van der Waals surface area contributed by atoms with Crippen LogP contribution in [0.2, 0.25) is 0 Å². The van der Waals surface area contributed by atoms with Crippen LogP contribution in [0.5, 0.6) is 0 Å². The number of carboxylic acid groups (broad SMARTS) is 1. The second-order valence-electron chi connectivity index (χ2n) is 8.48. The number of nitrogens with zero attached hydrogens (tertiary/aromatic N) is 2. The van der Waals surface area contributed by atoms with Gasteiger partial charge in [-0.3, -0.25) is 0 Å². The fourth-order valence-electron chi connectivity index (χ4n) is 4.12. The minimum Gasteiger partial charge on any atom is -0.478 e. The molecule has 0 radical (unpaired) electrons. The van der Waals surface area contributed by atoms with E-state index in [1.165, 1.54) is 19.9 Å². The Morgan fingerprint density at radius 3 is 2.29 bits per heavy atom. The standard InChI is InChI=1S/C19H23F3N2O4/c1-16(2)27-11-18(28-16,19(20,21)22)13-4-3-12(15(25)26)14(23-13)24-9-7-17(5-6-17)8-10-24/h3-4H,5-11H2,1-2H3,(H,25,26). The Balaban J connectivity index is 1.74. The van der Waals surface area contributed by atoms with Gasteiger partial charge in [0.05, 0.1) is 12.3 Å². The highest BCUT2D eigenvalue weighted by Gasteiger charge is 2.65. The molecule has 3 heterocycles. The highest BCUT2D eigenvalue weighted by Crippen LogP contribution is 2.54. The van der Waals surface area contributed by atoms with Gasteiger partial charge in [-0.25, -0.2) is 9.78 Å². The van der Waals surface area contributed by atoms with E-state index in [-0.39, 0.29) is 17.1 Å². The van der Waals surface area contributed by atoms with Crippen LogP contribution < -0.4 is 4.90 Å². The summed E-state index contributed by atoms with van der Waals surface area (Å²) in [5.74, 6) is -2.57. The van der Waals surface area contributed by atoms with Crippen LogP contribution in [0.3, 0.4) is 0 Å². The predicted molar refractivity (Wildman–Crippen MR) is 93.2 cm³/mol. The molecule has 0 aromatic carbocycles. The summed E-state index contributed by atoms with van der Waals surface area (Å²) in [6, 6.07) is 2.27. The highest BCUT2D eigenvalue weighted by molar-refractivity contribution is 5.93. The maximum absolute atomic E-state index is 14.0. The Morgan fingerprint density at radius 2 is 1.82 bits per heavy atom. The van der Waals surface area contributed by atoms with Crippen LogP contribution >= 0.6 is 0 Å². The van der Waals surface area contributed by atoms with E-state index in [1.54, 1.807) is 4.90 Å². The molecule has 1 spiro atoms. The number of alkyl halides is 3. The lowest BCUT2D eigenvalue weighted by Crippen LogP contribution is -2.47. The monoisotopic (exact) mass is 400 g/mol. The van der Waals surface area contributed by atoms with Crippen molar-refractivity contribution in [3.8, 4) is 0 Å². The molecule has 9 heteroatoms. The van der Waals surface area contributed by atoms with Crippen molar-refractivity contribution in [2.45, 2.75) is 57.1 Å². The van der Waals surface area contributed by atoms with Crippen molar-refractivity contribution in [2.24, 2.45) is 5.41 Å². The van der Waals surface area contributed by atoms with Gasteiger partial charge in [0.25, 0.3) is 0 Å². The molecule has 1 aromatic rings. The molecule has 2 aliphatic heterocycles. The van der Waals surface area contributed by atoms with Gasteiger partial charge in [-0.05, 0) is 57.1 Å². The van der Waals surface area contributed by atoms with Crippen molar-refractivity contribution < 1.29 is 32.5 Å². The Kier molecular flexibility index (Phi) is 4.21. The normalized spacial score (nSPS) is 28.5. The zero-order valence-corrected chi connectivity index (χ0v) is 15.8. The summed E-state index contributed by atoms with van der Waals surface area (Å²) < 4.78 is 52.6. The third-order valence-electron chi connectivity index (χ3n) is 6.10. The van der Waals surface area contributed by atoms with E-state index in [1.807, 2.05) is 0 Å². The molecule has 0 bridgehead atoms. The molecule has 6 nitrogen and oxygen atoms in total. The summed E-state index contributed by atoms with van der Waals surface area (Å²) in [6.45, 7) is 3.25. The quantitative estimate of drug-likeness (QED) is 0.834. The van der Waals surface area contributed by atoms with Gasteiger partial charge >= 0.3 is 12.1 Å². The van der Waals surface area contributed by atoms with Crippen LogP contribution in [0.4, 0.5) is 19.0 Å². The van der Waals surface area contributed by atoms with E-state index >= 15 is 0 Å². The number of halogens is 3. The Morgan fingerprint density at radius 1 is 1.18 bits per heavy atom. The molecule has 2 saturated heterocycles. The molecule has 3 aliphatic rings. The van der Waals surface area contributed by atoms with Crippen LogP contribution in [0.25, 0.3) is 0 Å². The lowest BCUT2D eigenvalue weighted by Gasteiger charge is -2.35. The van der Waals surface area contributed by atoms with E-state index in [2.05, 4.69) is 4.98 Å². The largest absolute Gasteiger partial charge is 0.478 e. The smallest absolute Gasteiger partial charge is 0.425 e. The number of hydrogen-bond acceptors (Lipinski definition) is 5. The van der Waals surface area contributed by atoms with Crippen molar-refractivity contribution in [3.05, 3.63) is 23.4 Å². The summed E-state index contributed by atoms with van der Waals surface area (Å²) in [5, 5.41) is 9.53. The minimum absolute atomic E-state index is 0.0671. The van der Waals surface area contributed by atoms with Crippen LogP contribution in [0.15, 0.2) is 12.1 Å². The topological polar surface area (TPSA) is 71.9 Å². The van der Waals surface area contributed by atoms with E-state index in [9.17, 15) is 23.1 Å². The van der Waals surface area contributed by atoms with Crippen molar-refractivity contribution in [1.29, 1.82) is 0 Å². The number of aromatic carboxylic acids is 1. The van der Waals surface area contributed by atoms with Gasteiger partial charge in [0.2, 0.25) is 5.60 Å². The number of ether oxygens (including phenoxy) is 2. The summed E-state index contributed by atoms with van der Waals surface area (Å²) in [6.07, 6.45) is -0.644. The van der Waals surface area contributed by atoms with Gasteiger partial charge in [-0.2, -0.15) is 13.2 Å². The van der Waals surface area contributed by atoms with Gasteiger partial charge in [0.1, 0.15) is 11.4 Å². The molecule has 1 N–H and O–H groups in total. The van der Waals surface area contributed by atoms with Gasteiger partial charge in [0.15, 0.2) is 5.79 Å². The molecule has 0 amide bonds. The second-order valence-corrected chi connectivity index (χ2v) is 8.48. The van der Waals surface area contributed by atoms with Crippen LogP contribution in [0.1, 0.15) is 55.6 Å². The van der Waals surface area contributed by atoms with Crippen molar-refractivity contribution in [3.63, 3.8) is 0 Å². The first-order valence-electron chi connectivity index (χ1n) is 9.38. The summed E-state index contributed by atoms with van der Waals surface area (Å²) in [4.78, 5) is 17.6. The average Bonchev–Trinajstić information content (AvgIpc) is 3.27. The minimum atomic E-state index is -4.77. The molecule has 1 unspecified atom stereocenters. The first kappa shape index (κ1) is 19.4. The SMILES string of the molecule is CC1(C)OCC(c2ccc(C(=O)O)c(N3CCC4(CC3)CC4)n2)(C(F)(F)F)O1. The number of anilines is 1. The predicted octanol–water partition coefficient (Wildman–Crippen LogP) is 3.70. The maximum atomic E-state index is 14.0. The molecule has 154 valence electrons. The number of hydrogen-bond donors (Lipinski definition) is 1. The number of carboxylic acids is 1. The lowest BCUT2D eigenvalue weighted by molar-refractivity contribution is -0.291. The third kappa shape index (κ3) is 3.14. The zero-order chi connectivity index (χ0) is 20.4. The summed E-state index contributed by atoms with van der Waals surface area (Å²) in [5.41, 5.74) is -2.87. The van der Waals surface area contributed by atoms with Crippen LogP contribution in [-0.2, 0) is 15.1 Å². The molecular weight excluding hydrogens is 377 g/mol. The number of piperidine rings is 1. The number of pyridine rings is 1. The Bertz CT molecular complexity index is 797. The molecule has 1 aromatic heterocycles. The Labute approximate surface area is 160 Å². The van der Waals surface area contributed by atoms with Gasteiger partial charge in [-0.1, -0.05) is 0 Å². The number of carbonyl (C=O) groups is 1. The van der Waals surface area contributed by atoms with E-state index in [0.717, 1.165) is 31.7 Å². The molecule has 1 aliphatic carbocycles. The van der Waals surface area contributed by atoms with Gasteiger partial charge in [-0.15, -0.1) is 0 Å². The lowest BCUT2D eigenvalue weighted by atomic mass is 9.93. The van der Waals surface area contributed by atoms with Crippen molar-refractivity contribution in [1.82, 2.24) is 4.98 Å². The van der Waals surface area contributed by atoms with Gasteiger partial charge in [0, 0.05) is 13.1 Å². The maximum Gasteiger partial charge on any atom is 0.425 e. The number of rotatable bonds is 3. The Hall–Kier alpha value is -1.87. The van der Waals surface area contributed by atoms with Crippen LogP contribution in [0, 0.1) is 5.41 Å². The molecule has 28 heavy (non-hydrogen) atoms.